The fraction of sp³-hybridized carbons (Fsp3) is 0.583. The zero-order valence-corrected chi connectivity index (χ0v) is 18.5. The van der Waals surface area contributed by atoms with Crippen molar-refractivity contribution in [1.82, 2.24) is 20.4 Å². The van der Waals surface area contributed by atoms with Gasteiger partial charge in [-0.1, -0.05) is 12.1 Å². The standard InChI is InChI=1S/C24H28N4O5/c29-19-5-4-17(21(30)26-19)28-22(31)15-3-1-2-14(20(15)23(28)32)10-27-13-24(6-8-25-9-7-24)16-11-33-12-18(16)27/h1-3,16-18,25H,4-13H2,(H,26,29,30)/t16-,17?,18+/m1/s1. The molecular weight excluding hydrogens is 424 g/mol. The highest BCUT2D eigenvalue weighted by atomic mass is 16.5. The van der Waals surface area contributed by atoms with E-state index in [1.54, 1.807) is 6.07 Å². The lowest BCUT2D eigenvalue weighted by Gasteiger charge is -2.38. The minimum atomic E-state index is -0.944. The van der Waals surface area contributed by atoms with Crippen LogP contribution in [0.4, 0.5) is 0 Å². The molecule has 1 aromatic carbocycles. The number of hydrogen-bond acceptors (Lipinski definition) is 7. The van der Waals surface area contributed by atoms with Crippen LogP contribution in [0.15, 0.2) is 18.2 Å². The van der Waals surface area contributed by atoms with Crippen molar-refractivity contribution >= 4 is 23.6 Å². The monoisotopic (exact) mass is 452 g/mol. The Labute approximate surface area is 191 Å². The third-order valence-corrected chi connectivity index (χ3v) is 8.35. The van der Waals surface area contributed by atoms with Crippen molar-refractivity contribution in [3.63, 3.8) is 0 Å². The fourth-order valence-electron chi connectivity index (χ4n) is 6.69. The smallest absolute Gasteiger partial charge is 0.262 e. The Morgan fingerprint density at radius 1 is 1.06 bits per heavy atom. The van der Waals surface area contributed by atoms with E-state index in [1.165, 1.54) is 0 Å². The molecule has 2 N–H and O–H groups in total. The minimum Gasteiger partial charge on any atom is -0.379 e. The molecule has 0 aliphatic carbocycles. The zero-order valence-electron chi connectivity index (χ0n) is 18.5. The third-order valence-electron chi connectivity index (χ3n) is 8.35. The summed E-state index contributed by atoms with van der Waals surface area (Å²) in [5, 5.41) is 5.72. The Kier molecular flexibility index (Phi) is 4.90. The Balaban J connectivity index is 1.29. The fourth-order valence-corrected chi connectivity index (χ4v) is 6.69. The number of carbonyl (C=O) groups excluding carboxylic acids is 4. The van der Waals surface area contributed by atoms with E-state index >= 15 is 0 Å². The van der Waals surface area contributed by atoms with Crippen LogP contribution in [-0.2, 0) is 20.9 Å². The first-order valence-electron chi connectivity index (χ1n) is 11.8. The first kappa shape index (κ1) is 20.9. The summed E-state index contributed by atoms with van der Waals surface area (Å²) < 4.78 is 5.89. The lowest BCUT2D eigenvalue weighted by Crippen LogP contribution is -2.54. The topological polar surface area (TPSA) is 108 Å². The Hall–Kier alpha value is -2.62. The molecule has 9 nitrogen and oxygen atoms in total. The van der Waals surface area contributed by atoms with Gasteiger partial charge >= 0.3 is 0 Å². The molecule has 3 atom stereocenters. The van der Waals surface area contributed by atoms with Gasteiger partial charge in [-0.3, -0.25) is 34.3 Å². The summed E-state index contributed by atoms with van der Waals surface area (Å²) in [7, 11) is 0. The van der Waals surface area contributed by atoms with Crippen LogP contribution in [0.25, 0.3) is 0 Å². The van der Waals surface area contributed by atoms with Gasteiger partial charge in [0.2, 0.25) is 11.8 Å². The Bertz CT molecular complexity index is 1050. The van der Waals surface area contributed by atoms with E-state index in [2.05, 4.69) is 15.5 Å². The molecule has 1 unspecified atom stereocenters. The molecule has 5 aliphatic heterocycles. The van der Waals surface area contributed by atoms with E-state index < -0.39 is 23.8 Å². The maximum atomic E-state index is 13.4. The summed E-state index contributed by atoms with van der Waals surface area (Å²) in [5.41, 5.74) is 1.80. The predicted molar refractivity (Wildman–Crippen MR) is 116 cm³/mol. The van der Waals surface area contributed by atoms with E-state index in [4.69, 9.17) is 4.74 Å². The second-order valence-electron chi connectivity index (χ2n) is 10.0. The molecule has 9 heteroatoms. The van der Waals surface area contributed by atoms with E-state index in [9.17, 15) is 19.2 Å². The summed E-state index contributed by atoms with van der Waals surface area (Å²) >= 11 is 0. The molecule has 4 amide bonds. The van der Waals surface area contributed by atoms with Crippen LogP contribution >= 0.6 is 0 Å². The molecule has 174 valence electrons. The number of nitrogens with zero attached hydrogens (tertiary/aromatic N) is 2. The van der Waals surface area contributed by atoms with Gasteiger partial charge in [-0.05, 0) is 49.4 Å². The van der Waals surface area contributed by atoms with Gasteiger partial charge in [0.15, 0.2) is 0 Å². The summed E-state index contributed by atoms with van der Waals surface area (Å²) in [4.78, 5) is 54.0. The SMILES string of the molecule is O=C1CCC(N2C(=O)c3cccc(CN4CC5(CCNCC5)[C@@H]5COC[C@@H]54)c3C2=O)C(=O)N1. The number of nitrogens with one attached hydrogen (secondary N) is 2. The van der Waals surface area contributed by atoms with Gasteiger partial charge in [0.05, 0.1) is 24.3 Å². The first-order valence-corrected chi connectivity index (χ1v) is 11.8. The van der Waals surface area contributed by atoms with Gasteiger partial charge in [0.1, 0.15) is 6.04 Å². The van der Waals surface area contributed by atoms with Gasteiger partial charge in [0.25, 0.3) is 11.8 Å². The number of rotatable bonds is 3. The molecule has 4 saturated heterocycles. The number of benzene rings is 1. The molecule has 33 heavy (non-hydrogen) atoms. The van der Waals surface area contributed by atoms with Crippen LogP contribution in [0.5, 0.6) is 0 Å². The summed E-state index contributed by atoms with van der Waals surface area (Å²) in [6.07, 6.45) is 2.53. The van der Waals surface area contributed by atoms with Crippen LogP contribution < -0.4 is 10.6 Å². The average Bonchev–Trinajstić information content (AvgIpc) is 3.46. The van der Waals surface area contributed by atoms with Crippen molar-refractivity contribution in [2.75, 3.05) is 32.8 Å². The minimum absolute atomic E-state index is 0.116. The average molecular weight is 453 g/mol. The van der Waals surface area contributed by atoms with Gasteiger partial charge in [0, 0.05) is 31.5 Å². The first-order chi connectivity index (χ1) is 16.0. The molecule has 4 fully saturated rings. The number of ether oxygens (including phenoxy) is 1. The van der Waals surface area contributed by atoms with Crippen molar-refractivity contribution in [1.29, 1.82) is 0 Å². The quantitative estimate of drug-likeness (QED) is 0.635. The molecule has 1 aromatic rings. The number of carbonyl (C=O) groups is 4. The van der Waals surface area contributed by atoms with Gasteiger partial charge < -0.3 is 10.1 Å². The summed E-state index contributed by atoms with van der Waals surface area (Å²) in [5.74, 6) is -1.35. The molecule has 1 spiro atoms. The predicted octanol–water partition coefficient (Wildman–Crippen LogP) is 0.288. The van der Waals surface area contributed by atoms with E-state index in [0.717, 1.165) is 49.5 Å². The largest absolute Gasteiger partial charge is 0.379 e. The third kappa shape index (κ3) is 3.17. The lowest BCUT2D eigenvalue weighted by atomic mass is 9.70. The van der Waals surface area contributed by atoms with E-state index in [-0.39, 0.29) is 24.2 Å². The van der Waals surface area contributed by atoms with Gasteiger partial charge in [-0.25, -0.2) is 0 Å². The molecule has 0 radical (unpaired) electrons. The Morgan fingerprint density at radius 3 is 2.67 bits per heavy atom. The van der Waals surface area contributed by atoms with Crippen molar-refractivity contribution in [3.8, 4) is 0 Å². The van der Waals surface area contributed by atoms with Gasteiger partial charge in [-0.15, -0.1) is 0 Å². The second-order valence-corrected chi connectivity index (χ2v) is 10.0. The number of hydrogen-bond donors (Lipinski definition) is 2. The molecule has 5 aliphatic rings. The summed E-state index contributed by atoms with van der Waals surface area (Å²) in [6.45, 7) is 5.07. The molecule has 0 bridgehead atoms. The zero-order chi connectivity index (χ0) is 22.7. The number of fused-ring (bicyclic) bond motifs is 3. The molecule has 0 saturated carbocycles. The van der Waals surface area contributed by atoms with Crippen LogP contribution in [0.2, 0.25) is 0 Å². The van der Waals surface area contributed by atoms with Crippen LogP contribution in [-0.4, -0.2) is 78.4 Å². The molecule has 5 heterocycles. The Morgan fingerprint density at radius 2 is 1.88 bits per heavy atom. The second kappa shape index (κ2) is 7.72. The maximum Gasteiger partial charge on any atom is 0.262 e. The maximum absolute atomic E-state index is 13.4. The van der Waals surface area contributed by atoms with Crippen LogP contribution in [0.1, 0.15) is 52.0 Å². The highest BCUT2D eigenvalue weighted by Gasteiger charge is 2.55. The van der Waals surface area contributed by atoms with Crippen LogP contribution in [0, 0.1) is 11.3 Å². The van der Waals surface area contributed by atoms with Crippen molar-refractivity contribution in [3.05, 3.63) is 34.9 Å². The highest BCUT2D eigenvalue weighted by molar-refractivity contribution is 6.24. The normalized spacial score (nSPS) is 31.3. The van der Waals surface area contributed by atoms with Crippen molar-refractivity contribution in [2.45, 2.75) is 44.3 Å². The van der Waals surface area contributed by atoms with Crippen molar-refractivity contribution in [2.24, 2.45) is 11.3 Å². The molecular formula is C24H28N4O5. The number of piperidine rings is 2. The summed E-state index contributed by atoms with van der Waals surface area (Å²) in [6, 6.07) is 4.76. The lowest BCUT2D eigenvalue weighted by molar-refractivity contribution is -0.136. The number of likely N-dealkylation sites (tertiary alicyclic amines) is 1. The molecule has 0 aromatic heterocycles. The highest BCUT2D eigenvalue weighted by Crippen LogP contribution is 2.49. The van der Waals surface area contributed by atoms with Crippen molar-refractivity contribution < 1.29 is 23.9 Å². The van der Waals surface area contributed by atoms with E-state index in [1.807, 2.05) is 12.1 Å². The molecule has 6 rings (SSSR count). The van der Waals surface area contributed by atoms with E-state index in [0.29, 0.717) is 36.2 Å². The van der Waals surface area contributed by atoms with Gasteiger partial charge in [-0.2, -0.15) is 0 Å². The number of imide groups is 2. The van der Waals surface area contributed by atoms with Crippen LogP contribution in [0.3, 0.4) is 0 Å². The number of amides is 4.